The largest absolute Gasteiger partial charge is 0.300 e. The molecular weight excluding hydrogens is 256 g/mol. The molecule has 0 fully saturated rings. The standard InChI is InChI=1S/C19H38N2/c1-8-11-14-19(9-2,10-3)15-12-13-18(20-16(4)5)21-17(6)7/h9-10,16-18,20-21H,2-3,8,11-15H2,1,4-7H3. The minimum Gasteiger partial charge on any atom is -0.300 e. The van der Waals surface area contributed by atoms with Gasteiger partial charge in [0, 0.05) is 17.5 Å². The first-order valence-corrected chi connectivity index (χ1v) is 8.68. The number of allylic oxidation sites excluding steroid dienone is 2. The summed E-state index contributed by atoms with van der Waals surface area (Å²) in [6, 6.07) is 1.01. The molecule has 0 saturated heterocycles. The number of hydrogen-bond acceptors (Lipinski definition) is 2. The Morgan fingerprint density at radius 2 is 1.38 bits per heavy atom. The average Bonchev–Trinajstić information content (AvgIpc) is 2.41. The van der Waals surface area contributed by atoms with E-state index >= 15 is 0 Å². The van der Waals surface area contributed by atoms with Gasteiger partial charge in [0.1, 0.15) is 0 Å². The topological polar surface area (TPSA) is 24.1 Å². The van der Waals surface area contributed by atoms with Crippen LogP contribution in [0.5, 0.6) is 0 Å². The van der Waals surface area contributed by atoms with Crippen LogP contribution >= 0.6 is 0 Å². The third-order valence-corrected chi connectivity index (χ3v) is 4.01. The predicted octanol–water partition coefficient (Wildman–Crippen LogP) is 5.03. The lowest BCUT2D eigenvalue weighted by Crippen LogP contribution is -2.48. The zero-order chi connectivity index (χ0) is 16.3. The van der Waals surface area contributed by atoms with Gasteiger partial charge >= 0.3 is 0 Å². The van der Waals surface area contributed by atoms with E-state index in [9.17, 15) is 0 Å². The van der Waals surface area contributed by atoms with Gasteiger partial charge in [0.25, 0.3) is 0 Å². The van der Waals surface area contributed by atoms with Gasteiger partial charge in [0.2, 0.25) is 0 Å². The van der Waals surface area contributed by atoms with Crippen LogP contribution in [0.15, 0.2) is 25.3 Å². The lowest BCUT2D eigenvalue weighted by atomic mass is 9.78. The second kappa shape index (κ2) is 11.0. The summed E-state index contributed by atoms with van der Waals surface area (Å²) < 4.78 is 0. The molecule has 0 rings (SSSR count). The highest BCUT2D eigenvalue weighted by atomic mass is 15.1. The van der Waals surface area contributed by atoms with E-state index in [4.69, 9.17) is 0 Å². The molecule has 0 atom stereocenters. The Hall–Kier alpha value is -0.600. The van der Waals surface area contributed by atoms with E-state index < -0.39 is 0 Å². The Balaban J connectivity index is 4.42. The summed E-state index contributed by atoms with van der Waals surface area (Å²) >= 11 is 0. The lowest BCUT2D eigenvalue weighted by Gasteiger charge is -2.29. The van der Waals surface area contributed by atoms with E-state index in [-0.39, 0.29) is 5.41 Å². The van der Waals surface area contributed by atoms with Gasteiger partial charge in [-0.1, -0.05) is 31.9 Å². The first kappa shape index (κ1) is 20.4. The zero-order valence-corrected chi connectivity index (χ0v) is 15.0. The first-order valence-electron chi connectivity index (χ1n) is 8.68. The number of rotatable bonds is 13. The monoisotopic (exact) mass is 294 g/mol. The maximum Gasteiger partial charge on any atom is 0.0575 e. The fourth-order valence-corrected chi connectivity index (χ4v) is 2.78. The van der Waals surface area contributed by atoms with Crippen LogP contribution in [0.4, 0.5) is 0 Å². The van der Waals surface area contributed by atoms with Crippen molar-refractivity contribution in [2.24, 2.45) is 5.41 Å². The molecule has 0 aliphatic rings. The molecule has 0 heterocycles. The fraction of sp³-hybridized carbons (Fsp3) is 0.789. The van der Waals surface area contributed by atoms with Gasteiger partial charge in [0.05, 0.1) is 6.17 Å². The highest BCUT2D eigenvalue weighted by Gasteiger charge is 2.22. The molecule has 0 amide bonds. The lowest BCUT2D eigenvalue weighted by molar-refractivity contribution is 0.314. The second-order valence-electron chi connectivity index (χ2n) is 6.83. The van der Waals surface area contributed by atoms with Crippen molar-refractivity contribution in [1.29, 1.82) is 0 Å². The maximum atomic E-state index is 4.05. The molecule has 2 nitrogen and oxygen atoms in total. The van der Waals surface area contributed by atoms with Gasteiger partial charge < -0.3 is 0 Å². The summed E-state index contributed by atoms with van der Waals surface area (Å²) in [5.41, 5.74) is 0.121. The van der Waals surface area contributed by atoms with Gasteiger partial charge in [-0.05, 0) is 53.4 Å². The number of unbranched alkanes of at least 4 members (excludes halogenated alkanes) is 1. The van der Waals surface area contributed by atoms with Crippen LogP contribution in [-0.2, 0) is 0 Å². The van der Waals surface area contributed by atoms with Crippen LogP contribution < -0.4 is 10.6 Å². The minimum absolute atomic E-state index is 0.121. The number of hydrogen-bond donors (Lipinski definition) is 2. The van der Waals surface area contributed by atoms with Crippen molar-refractivity contribution in [2.75, 3.05) is 0 Å². The van der Waals surface area contributed by atoms with E-state index in [0.717, 1.165) is 12.8 Å². The van der Waals surface area contributed by atoms with E-state index in [1.165, 1.54) is 25.7 Å². The normalized spacial score (nSPS) is 12.4. The van der Waals surface area contributed by atoms with E-state index in [1.54, 1.807) is 0 Å². The summed E-state index contributed by atoms with van der Waals surface area (Å²) in [4.78, 5) is 0. The second-order valence-corrected chi connectivity index (χ2v) is 6.83. The predicted molar refractivity (Wildman–Crippen MR) is 96.5 cm³/mol. The van der Waals surface area contributed by atoms with Crippen molar-refractivity contribution >= 4 is 0 Å². The Labute approximate surface area is 133 Å². The molecule has 0 spiro atoms. The SMILES string of the molecule is C=CC(C=C)(CCCC)CCCC(NC(C)C)NC(C)C. The molecule has 124 valence electrons. The van der Waals surface area contributed by atoms with E-state index in [1.807, 2.05) is 0 Å². The van der Waals surface area contributed by atoms with Gasteiger partial charge in [0.15, 0.2) is 0 Å². The van der Waals surface area contributed by atoms with Gasteiger partial charge in [-0.15, -0.1) is 13.2 Å². The molecular formula is C19H38N2. The molecule has 0 saturated carbocycles. The van der Waals surface area contributed by atoms with Crippen molar-refractivity contribution < 1.29 is 0 Å². The third kappa shape index (κ3) is 9.10. The Morgan fingerprint density at radius 3 is 1.76 bits per heavy atom. The minimum atomic E-state index is 0.121. The van der Waals surface area contributed by atoms with Crippen LogP contribution in [0, 0.1) is 5.41 Å². The molecule has 0 aromatic rings. The smallest absolute Gasteiger partial charge is 0.0575 e. The van der Waals surface area contributed by atoms with Crippen LogP contribution in [-0.4, -0.2) is 18.2 Å². The maximum absolute atomic E-state index is 4.05. The molecule has 0 aliphatic heterocycles. The third-order valence-electron chi connectivity index (χ3n) is 4.01. The van der Waals surface area contributed by atoms with Crippen LogP contribution in [0.1, 0.15) is 73.1 Å². The van der Waals surface area contributed by atoms with Crippen molar-refractivity contribution in [1.82, 2.24) is 10.6 Å². The molecule has 2 heteroatoms. The van der Waals surface area contributed by atoms with Crippen molar-refractivity contribution in [3.05, 3.63) is 25.3 Å². The quantitative estimate of drug-likeness (QED) is 0.368. The summed E-state index contributed by atoms with van der Waals surface area (Å²) in [5.74, 6) is 0. The highest BCUT2D eigenvalue weighted by molar-refractivity contribution is 5.06. The van der Waals surface area contributed by atoms with Crippen molar-refractivity contribution in [3.8, 4) is 0 Å². The zero-order valence-electron chi connectivity index (χ0n) is 15.0. The summed E-state index contributed by atoms with van der Waals surface area (Å²) in [7, 11) is 0. The first-order chi connectivity index (χ1) is 9.89. The fourth-order valence-electron chi connectivity index (χ4n) is 2.78. The van der Waals surface area contributed by atoms with Gasteiger partial charge in [-0.3, -0.25) is 10.6 Å². The van der Waals surface area contributed by atoms with Gasteiger partial charge in [-0.2, -0.15) is 0 Å². The number of nitrogens with one attached hydrogen (secondary N) is 2. The molecule has 0 aromatic carbocycles. The Bertz CT molecular complexity index is 263. The molecule has 21 heavy (non-hydrogen) atoms. The van der Waals surface area contributed by atoms with Crippen LogP contribution in [0.25, 0.3) is 0 Å². The summed E-state index contributed by atoms with van der Waals surface area (Å²) in [6.07, 6.45) is 11.7. The highest BCUT2D eigenvalue weighted by Crippen LogP contribution is 2.33. The van der Waals surface area contributed by atoms with Crippen molar-refractivity contribution in [2.45, 2.75) is 91.4 Å². The molecule has 0 bridgehead atoms. The molecule has 0 aromatic heterocycles. The Kier molecular flexibility index (Phi) is 10.7. The summed E-state index contributed by atoms with van der Waals surface area (Å²) in [5, 5.41) is 7.23. The summed E-state index contributed by atoms with van der Waals surface area (Å²) in [6.45, 7) is 19.1. The molecule has 0 unspecified atom stereocenters. The molecule has 0 aliphatic carbocycles. The van der Waals surface area contributed by atoms with E-state index in [0.29, 0.717) is 18.2 Å². The van der Waals surface area contributed by atoms with E-state index in [2.05, 4.69) is 70.6 Å². The van der Waals surface area contributed by atoms with Gasteiger partial charge in [-0.25, -0.2) is 0 Å². The Morgan fingerprint density at radius 1 is 0.905 bits per heavy atom. The van der Waals surface area contributed by atoms with Crippen LogP contribution in [0.3, 0.4) is 0 Å². The van der Waals surface area contributed by atoms with Crippen molar-refractivity contribution in [3.63, 3.8) is 0 Å². The molecule has 0 radical (unpaired) electrons. The molecule has 2 N–H and O–H groups in total. The van der Waals surface area contributed by atoms with Crippen LogP contribution in [0.2, 0.25) is 0 Å². The average molecular weight is 295 g/mol.